The average Bonchev–Trinajstić information content (AvgIpc) is 2.39. The summed E-state index contributed by atoms with van der Waals surface area (Å²) >= 11 is 0. The van der Waals surface area contributed by atoms with Gasteiger partial charge in [0, 0.05) is 13.1 Å². The van der Waals surface area contributed by atoms with E-state index in [0.717, 1.165) is 19.6 Å². The molecule has 0 bridgehead atoms. The summed E-state index contributed by atoms with van der Waals surface area (Å²) in [7, 11) is 2.15. The van der Waals surface area contributed by atoms with Gasteiger partial charge in [-0.05, 0) is 68.8 Å². The van der Waals surface area contributed by atoms with Crippen molar-refractivity contribution in [3.05, 3.63) is 34.9 Å². The monoisotopic (exact) mass is 246 g/mol. The summed E-state index contributed by atoms with van der Waals surface area (Å²) in [5.41, 5.74) is 10.3. The second kappa shape index (κ2) is 6.91. The Balaban J connectivity index is 1.82. The first-order chi connectivity index (χ1) is 8.79. The van der Waals surface area contributed by atoms with Crippen molar-refractivity contribution in [2.24, 2.45) is 5.73 Å². The topological polar surface area (TPSA) is 29.3 Å². The van der Waals surface area contributed by atoms with Crippen molar-refractivity contribution in [2.75, 3.05) is 26.7 Å². The van der Waals surface area contributed by atoms with Crippen LogP contribution < -0.4 is 5.73 Å². The first-order valence-electron chi connectivity index (χ1n) is 7.29. The molecule has 2 nitrogen and oxygen atoms in total. The first-order valence-corrected chi connectivity index (χ1v) is 7.29. The van der Waals surface area contributed by atoms with Crippen LogP contribution in [0.25, 0.3) is 0 Å². The van der Waals surface area contributed by atoms with Gasteiger partial charge in [-0.25, -0.2) is 0 Å². The van der Waals surface area contributed by atoms with Crippen LogP contribution in [0.2, 0.25) is 0 Å². The molecule has 1 aliphatic rings. The molecule has 0 aromatic heterocycles. The molecule has 1 aliphatic carbocycles. The highest BCUT2D eigenvalue weighted by Gasteiger charge is 2.09. The molecule has 0 radical (unpaired) electrons. The Morgan fingerprint density at radius 3 is 2.67 bits per heavy atom. The molecular weight excluding hydrogens is 220 g/mol. The molecule has 1 aromatic rings. The van der Waals surface area contributed by atoms with Crippen molar-refractivity contribution in [1.82, 2.24) is 4.90 Å². The summed E-state index contributed by atoms with van der Waals surface area (Å²) in [5.74, 6) is 0. The van der Waals surface area contributed by atoms with Gasteiger partial charge in [0.1, 0.15) is 0 Å². The fourth-order valence-corrected chi connectivity index (χ4v) is 2.83. The number of benzene rings is 1. The molecule has 18 heavy (non-hydrogen) atoms. The van der Waals surface area contributed by atoms with E-state index in [1.54, 1.807) is 11.1 Å². The molecule has 0 heterocycles. The molecule has 0 saturated heterocycles. The summed E-state index contributed by atoms with van der Waals surface area (Å²) in [5, 5.41) is 0. The molecular formula is C16H26N2. The molecule has 0 spiro atoms. The number of aryl methyl sites for hydroxylation is 3. The second-order valence-electron chi connectivity index (χ2n) is 5.51. The number of nitrogens with zero attached hydrogens (tertiary/aromatic N) is 1. The summed E-state index contributed by atoms with van der Waals surface area (Å²) in [6.45, 7) is 2.91. The molecule has 0 saturated carbocycles. The first kappa shape index (κ1) is 13.6. The maximum Gasteiger partial charge on any atom is 0.0102 e. The predicted octanol–water partition coefficient (Wildman–Crippen LogP) is 2.39. The van der Waals surface area contributed by atoms with Gasteiger partial charge in [0.15, 0.2) is 0 Å². The lowest BCUT2D eigenvalue weighted by Gasteiger charge is -2.18. The molecule has 0 unspecified atom stereocenters. The van der Waals surface area contributed by atoms with Gasteiger partial charge in [-0.2, -0.15) is 0 Å². The van der Waals surface area contributed by atoms with Gasteiger partial charge in [-0.15, -0.1) is 0 Å². The van der Waals surface area contributed by atoms with E-state index in [-0.39, 0.29) is 0 Å². The van der Waals surface area contributed by atoms with Gasteiger partial charge in [0.25, 0.3) is 0 Å². The van der Waals surface area contributed by atoms with Gasteiger partial charge >= 0.3 is 0 Å². The zero-order valence-electron chi connectivity index (χ0n) is 11.6. The summed E-state index contributed by atoms with van der Waals surface area (Å²) in [6, 6.07) is 7.12. The maximum absolute atomic E-state index is 5.55. The summed E-state index contributed by atoms with van der Waals surface area (Å²) < 4.78 is 0. The van der Waals surface area contributed by atoms with Gasteiger partial charge in [0.2, 0.25) is 0 Å². The van der Waals surface area contributed by atoms with E-state index in [1.807, 2.05) is 0 Å². The van der Waals surface area contributed by atoms with Crippen molar-refractivity contribution in [3.63, 3.8) is 0 Å². The molecule has 0 amide bonds. The van der Waals surface area contributed by atoms with Crippen LogP contribution in [0.1, 0.15) is 36.0 Å². The van der Waals surface area contributed by atoms with Crippen LogP contribution in [0, 0.1) is 0 Å². The van der Waals surface area contributed by atoms with E-state index in [4.69, 9.17) is 5.73 Å². The Morgan fingerprint density at radius 2 is 1.89 bits per heavy atom. The van der Waals surface area contributed by atoms with Crippen LogP contribution in [0.4, 0.5) is 0 Å². The Morgan fingerprint density at radius 1 is 1.11 bits per heavy atom. The highest BCUT2D eigenvalue weighted by Crippen LogP contribution is 2.22. The number of hydrogen-bond acceptors (Lipinski definition) is 2. The maximum atomic E-state index is 5.55. The van der Waals surface area contributed by atoms with E-state index in [1.165, 1.54) is 44.1 Å². The molecule has 0 atom stereocenters. The van der Waals surface area contributed by atoms with Crippen LogP contribution in [-0.4, -0.2) is 31.6 Å². The molecule has 100 valence electrons. The molecule has 2 heteroatoms. The van der Waals surface area contributed by atoms with E-state index < -0.39 is 0 Å². The Kier molecular flexibility index (Phi) is 5.21. The molecule has 2 N–H and O–H groups in total. The lowest BCUT2D eigenvalue weighted by Crippen LogP contribution is -2.26. The summed E-state index contributed by atoms with van der Waals surface area (Å²) in [6.07, 6.45) is 7.74. The molecule has 2 rings (SSSR count). The lowest BCUT2D eigenvalue weighted by molar-refractivity contribution is 0.338. The SMILES string of the molecule is CN(CCN)CCCc1ccc2c(c1)CCCC2. The largest absolute Gasteiger partial charge is 0.329 e. The predicted molar refractivity (Wildman–Crippen MR) is 78.0 cm³/mol. The third kappa shape index (κ3) is 3.82. The van der Waals surface area contributed by atoms with Crippen molar-refractivity contribution >= 4 is 0 Å². The molecule has 1 aromatic carbocycles. The van der Waals surface area contributed by atoms with Gasteiger partial charge in [-0.3, -0.25) is 0 Å². The van der Waals surface area contributed by atoms with E-state index in [2.05, 4.69) is 30.1 Å². The Labute approximate surface area is 111 Å². The van der Waals surface area contributed by atoms with Gasteiger partial charge in [-0.1, -0.05) is 18.2 Å². The normalized spacial score (nSPS) is 14.8. The standard InChI is InChI=1S/C16H26N2/c1-18(12-10-17)11-4-5-14-8-9-15-6-2-3-7-16(15)13-14/h8-9,13H,2-7,10-12,17H2,1H3. The van der Waals surface area contributed by atoms with E-state index >= 15 is 0 Å². The van der Waals surface area contributed by atoms with E-state index in [9.17, 15) is 0 Å². The van der Waals surface area contributed by atoms with Crippen LogP contribution >= 0.6 is 0 Å². The fraction of sp³-hybridized carbons (Fsp3) is 0.625. The number of nitrogens with two attached hydrogens (primary N) is 1. The number of rotatable bonds is 6. The number of likely N-dealkylation sites (N-methyl/N-ethyl adjacent to an activating group) is 1. The van der Waals surface area contributed by atoms with Gasteiger partial charge in [0.05, 0.1) is 0 Å². The fourth-order valence-electron chi connectivity index (χ4n) is 2.83. The van der Waals surface area contributed by atoms with Crippen LogP contribution in [0.3, 0.4) is 0 Å². The lowest BCUT2D eigenvalue weighted by atomic mass is 9.90. The van der Waals surface area contributed by atoms with Crippen molar-refractivity contribution in [2.45, 2.75) is 38.5 Å². The third-order valence-corrected chi connectivity index (χ3v) is 3.93. The van der Waals surface area contributed by atoms with Gasteiger partial charge < -0.3 is 10.6 Å². The Hall–Kier alpha value is -0.860. The minimum atomic E-state index is 0.759. The summed E-state index contributed by atoms with van der Waals surface area (Å²) in [4.78, 5) is 2.32. The minimum absolute atomic E-state index is 0.759. The number of fused-ring (bicyclic) bond motifs is 1. The van der Waals surface area contributed by atoms with Crippen LogP contribution in [0.15, 0.2) is 18.2 Å². The second-order valence-corrected chi connectivity index (χ2v) is 5.51. The zero-order valence-corrected chi connectivity index (χ0v) is 11.6. The Bertz CT molecular complexity index is 373. The highest BCUT2D eigenvalue weighted by atomic mass is 15.1. The minimum Gasteiger partial charge on any atom is -0.329 e. The quantitative estimate of drug-likeness (QED) is 0.835. The third-order valence-electron chi connectivity index (χ3n) is 3.93. The van der Waals surface area contributed by atoms with E-state index in [0.29, 0.717) is 0 Å². The highest BCUT2D eigenvalue weighted by molar-refractivity contribution is 5.33. The van der Waals surface area contributed by atoms with Crippen molar-refractivity contribution in [1.29, 1.82) is 0 Å². The van der Waals surface area contributed by atoms with Crippen molar-refractivity contribution in [3.8, 4) is 0 Å². The van der Waals surface area contributed by atoms with Crippen molar-refractivity contribution < 1.29 is 0 Å². The smallest absolute Gasteiger partial charge is 0.0102 e. The molecule has 0 aliphatic heterocycles. The van der Waals surface area contributed by atoms with Crippen LogP contribution in [0.5, 0.6) is 0 Å². The zero-order chi connectivity index (χ0) is 12.8. The number of hydrogen-bond donors (Lipinski definition) is 1. The average molecular weight is 246 g/mol. The van der Waals surface area contributed by atoms with Crippen LogP contribution in [-0.2, 0) is 19.3 Å². The molecule has 0 fully saturated rings.